The molecule has 0 radical (unpaired) electrons. The van der Waals surface area contributed by atoms with Crippen LogP contribution in [0.4, 0.5) is 4.79 Å². The van der Waals surface area contributed by atoms with Crippen LogP contribution in [0.3, 0.4) is 0 Å². The van der Waals surface area contributed by atoms with Crippen molar-refractivity contribution in [3.05, 3.63) is 39.8 Å². The molecule has 0 aliphatic heterocycles. The zero-order chi connectivity index (χ0) is 25.7. The van der Waals surface area contributed by atoms with Crippen LogP contribution in [0.15, 0.2) is 23.0 Å². The number of carbonyl (C=O) groups is 2. The first-order valence-electron chi connectivity index (χ1n) is 11.6. The van der Waals surface area contributed by atoms with Gasteiger partial charge in [-0.2, -0.15) is 0 Å². The summed E-state index contributed by atoms with van der Waals surface area (Å²) >= 11 is 0. The monoisotopic (exact) mass is 474 g/mol. The first-order valence-corrected chi connectivity index (χ1v) is 11.6. The van der Waals surface area contributed by atoms with Crippen molar-refractivity contribution in [1.82, 2.24) is 9.88 Å². The number of alkyl carbamates (subject to hydrolysis) is 1. The van der Waals surface area contributed by atoms with Crippen molar-refractivity contribution in [2.24, 2.45) is 5.41 Å². The molecular formula is C26H38N2O6. The van der Waals surface area contributed by atoms with E-state index in [9.17, 15) is 14.4 Å². The molecular weight excluding hydrogens is 436 g/mol. The number of rotatable bonds is 8. The van der Waals surface area contributed by atoms with Crippen molar-refractivity contribution < 1.29 is 23.8 Å². The molecule has 0 saturated carbocycles. The highest BCUT2D eigenvalue weighted by molar-refractivity contribution is 5.97. The van der Waals surface area contributed by atoms with Crippen molar-refractivity contribution in [2.75, 3.05) is 13.7 Å². The fourth-order valence-corrected chi connectivity index (χ4v) is 3.48. The molecule has 1 amide bonds. The van der Waals surface area contributed by atoms with Gasteiger partial charge in [-0.1, -0.05) is 34.1 Å². The number of amides is 1. The van der Waals surface area contributed by atoms with Gasteiger partial charge in [0.25, 0.3) is 5.56 Å². The van der Waals surface area contributed by atoms with Crippen LogP contribution in [-0.2, 0) is 22.6 Å². The van der Waals surface area contributed by atoms with Gasteiger partial charge in [-0.3, -0.25) is 4.79 Å². The third kappa shape index (κ3) is 7.23. The van der Waals surface area contributed by atoms with Gasteiger partial charge in [-0.15, -0.1) is 0 Å². The summed E-state index contributed by atoms with van der Waals surface area (Å²) in [6.07, 6.45) is 1.15. The molecule has 34 heavy (non-hydrogen) atoms. The zero-order valence-corrected chi connectivity index (χ0v) is 21.7. The first-order chi connectivity index (χ1) is 15.8. The van der Waals surface area contributed by atoms with Crippen LogP contribution in [0.5, 0.6) is 5.75 Å². The molecule has 0 unspecified atom stereocenters. The van der Waals surface area contributed by atoms with Gasteiger partial charge in [0.15, 0.2) is 0 Å². The molecule has 2 rings (SSSR count). The van der Waals surface area contributed by atoms with Gasteiger partial charge in [-0.25, -0.2) is 9.59 Å². The van der Waals surface area contributed by atoms with E-state index in [-0.39, 0.29) is 17.5 Å². The number of esters is 1. The van der Waals surface area contributed by atoms with E-state index in [2.05, 4.69) is 12.2 Å². The Morgan fingerprint density at radius 1 is 1.06 bits per heavy atom. The van der Waals surface area contributed by atoms with E-state index in [0.717, 1.165) is 12.8 Å². The molecule has 0 bridgehead atoms. The Balaban J connectivity index is 2.73. The van der Waals surface area contributed by atoms with Gasteiger partial charge >= 0.3 is 12.1 Å². The Morgan fingerprint density at radius 2 is 1.74 bits per heavy atom. The van der Waals surface area contributed by atoms with Crippen molar-refractivity contribution in [3.63, 3.8) is 0 Å². The molecule has 1 aromatic carbocycles. The predicted octanol–water partition coefficient (Wildman–Crippen LogP) is 5.04. The Hall–Kier alpha value is -3.03. The van der Waals surface area contributed by atoms with Crippen LogP contribution in [0.1, 0.15) is 77.4 Å². The fraction of sp³-hybridized carbons (Fsp3) is 0.577. The third-order valence-corrected chi connectivity index (χ3v) is 4.92. The van der Waals surface area contributed by atoms with Crippen molar-refractivity contribution in [2.45, 2.75) is 80.0 Å². The number of benzene rings is 1. The summed E-state index contributed by atoms with van der Waals surface area (Å²) in [7, 11) is 1.31. The Morgan fingerprint density at radius 3 is 2.29 bits per heavy atom. The number of pyridine rings is 1. The maximum Gasteiger partial charge on any atom is 0.407 e. The molecule has 8 heteroatoms. The van der Waals surface area contributed by atoms with Gasteiger partial charge < -0.3 is 24.1 Å². The Bertz CT molecular complexity index is 1090. The number of hydrogen-bond acceptors (Lipinski definition) is 6. The molecule has 0 spiro atoms. The van der Waals surface area contributed by atoms with E-state index in [0.29, 0.717) is 40.9 Å². The molecule has 0 aliphatic rings. The second-order valence-corrected chi connectivity index (χ2v) is 10.5. The lowest BCUT2D eigenvalue weighted by molar-refractivity contribution is 0.0520. The van der Waals surface area contributed by atoms with Crippen molar-refractivity contribution >= 4 is 22.8 Å². The van der Waals surface area contributed by atoms with E-state index in [4.69, 9.17) is 14.2 Å². The van der Waals surface area contributed by atoms with Crippen LogP contribution in [0.25, 0.3) is 10.8 Å². The number of fused-ring (bicyclic) bond motifs is 1. The molecule has 8 nitrogen and oxygen atoms in total. The summed E-state index contributed by atoms with van der Waals surface area (Å²) in [6.45, 7) is 14.4. The quantitative estimate of drug-likeness (QED) is 0.425. The SMILES string of the molecule is CCCCOc1c(CNC(=O)OC(C)(C)C)n(CC(C)(C)C)c(=O)c2ccc(C(=O)OC)cc12. The van der Waals surface area contributed by atoms with E-state index >= 15 is 0 Å². The van der Waals surface area contributed by atoms with E-state index in [1.165, 1.54) is 7.11 Å². The maximum atomic E-state index is 13.6. The Kier molecular flexibility index (Phi) is 8.75. The number of hydrogen-bond donors (Lipinski definition) is 1. The van der Waals surface area contributed by atoms with E-state index in [1.807, 2.05) is 20.8 Å². The molecule has 0 saturated heterocycles. The number of methoxy groups -OCH3 is 1. The lowest BCUT2D eigenvalue weighted by Crippen LogP contribution is -2.36. The molecule has 188 valence electrons. The lowest BCUT2D eigenvalue weighted by Gasteiger charge is -2.26. The second kappa shape index (κ2) is 10.9. The summed E-state index contributed by atoms with van der Waals surface area (Å²) in [4.78, 5) is 38.2. The standard InChI is InChI=1S/C26H38N2O6/c1-9-10-13-33-21-19-14-17(23(30)32-8)11-12-18(19)22(29)28(16-25(2,3)4)20(21)15-27-24(31)34-26(5,6)7/h11-12,14H,9-10,13,15-16H2,1-8H3,(H,27,31). The summed E-state index contributed by atoms with van der Waals surface area (Å²) in [6, 6.07) is 4.81. The molecule has 0 aliphatic carbocycles. The summed E-state index contributed by atoms with van der Waals surface area (Å²) < 4.78 is 18.1. The van der Waals surface area contributed by atoms with E-state index in [1.54, 1.807) is 43.5 Å². The van der Waals surface area contributed by atoms with Crippen LogP contribution in [-0.4, -0.2) is 35.9 Å². The van der Waals surface area contributed by atoms with Crippen molar-refractivity contribution in [3.8, 4) is 5.75 Å². The van der Waals surface area contributed by atoms with Crippen LogP contribution in [0.2, 0.25) is 0 Å². The lowest BCUT2D eigenvalue weighted by atomic mass is 9.96. The number of carbonyl (C=O) groups excluding carboxylic acids is 2. The molecule has 1 aromatic heterocycles. The van der Waals surface area contributed by atoms with Gasteiger partial charge in [0.1, 0.15) is 11.4 Å². The van der Waals surface area contributed by atoms with E-state index < -0.39 is 17.7 Å². The Labute approximate surface area is 201 Å². The minimum atomic E-state index is -0.658. The van der Waals surface area contributed by atoms with Crippen LogP contribution >= 0.6 is 0 Å². The smallest absolute Gasteiger partial charge is 0.407 e. The van der Waals surface area contributed by atoms with Crippen LogP contribution in [0, 0.1) is 5.41 Å². The average molecular weight is 475 g/mol. The van der Waals surface area contributed by atoms with Crippen molar-refractivity contribution in [1.29, 1.82) is 0 Å². The number of nitrogens with zero attached hydrogens (tertiary/aromatic N) is 1. The average Bonchev–Trinajstić information content (AvgIpc) is 2.73. The molecule has 1 heterocycles. The molecule has 2 aromatic rings. The topological polar surface area (TPSA) is 95.9 Å². The molecule has 1 N–H and O–H groups in total. The highest BCUT2D eigenvalue weighted by Gasteiger charge is 2.24. The minimum Gasteiger partial charge on any atom is -0.491 e. The molecule has 0 atom stereocenters. The summed E-state index contributed by atoms with van der Waals surface area (Å²) in [5.41, 5.74) is -0.255. The van der Waals surface area contributed by atoms with Crippen LogP contribution < -0.4 is 15.6 Å². The highest BCUT2D eigenvalue weighted by atomic mass is 16.6. The molecule has 0 fully saturated rings. The number of aromatic nitrogens is 1. The number of unbranched alkanes of at least 4 members (excludes halogenated alkanes) is 1. The fourth-order valence-electron chi connectivity index (χ4n) is 3.48. The van der Waals surface area contributed by atoms with Gasteiger partial charge in [0.2, 0.25) is 0 Å². The van der Waals surface area contributed by atoms with Gasteiger partial charge in [0.05, 0.1) is 36.9 Å². The van der Waals surface area contributed by atoms with Gasteiger partial charge in [-0.05, 0) is 50.8 Å². The minimum absolute atomic E-state index is 0.0279. The second-order valence-electron chi connectivity index (χ2n) is 10.5. The normalized spacial score (nSPS) is 11.9. The third-order valence-electron chi connectivity index (χ3n) is 4.92. The first kappa shape index (κ1) is 27.2. The van der Waals surface area contributed by atoms with Gasteiger partial charge in [0, 0.05) is 11.9 Å². The zero-order valence-electron chi connectivity index (χ0n) is 21.7. The highest BCUT2D eigenvalue weighted by Crippen LogP contribution is 2.31. The maximum absolute atomic E-state index is 13.6. The number of ether oxygens (including phenoxy) is 3. The summed E-state index contributed by atoms with van der Waals surface area (Å²) in [5, 5.41) is 3.70. The predicted molar refractivity (Wildman–Crippen MR) is 132 cm³/mol. The summed E-state index contributed by atoms with van der Waals surface area (Å²) in [5.74, 6) is -0.0391. The largest absolute Gasteiger partial charge is 0.491 e. The number of nitrogens with one attached hydrogen (secondary N) is 1.